The van der Waals surface area contributed by atoms with Crippen LogP contribution in [0.3, 0.4) is 0 Å². The lowest BCUT2D eigenvalue weighted by Gasteiger charge is -2.13. The molecule has 7 heteroatoms. The molecule has 0 aliphatic rings. The van der Waals surface area contributed by atoms with E-state index in [1.54, 1.807) is 6.92 Å². The maximum atomic E-state index is 11.4. The third-order valence-electron chi connectivity index (χ3n) is 1.68. The Balaban J connectivity index is 4.20. The highest BCUT2D eigenvalue weighted by Crippen LogP contribution is 1.95. The highest BCUT2D eigenvalue weighted by molar-refractivity contribution is 7.89. The minimum atomic E-state index is -3.38. The molecule has 1 unspecified atom stereocenters. The van der Waals surface area contributed by atoms with Gasteiger partial charge in [0, 0.05) is 5.03 Å². The van der Waals surface area contributed by atoms with Crippen molar-refractivity contribution in [2.45, 2.75) is 26.3 Å². The molecule has 0 bridgehead atoms. The van der Waals surface area contributed by atoms with Crippen molar-refractivity contribution in [3.05, 3.63) is 11.6 Å². The Bertz CT molecular complexity index is 354. The topological polar surface area (TPSA) is 75.3 Å². The number of sulfonamides is 1. The molecule has 0 fully saturated rings. The molecular formula is C9H17ClN2O3S. The van der Waals surface area contributed by atoms with Gasteiger partial charge >= 0.3 is 0 Å². The molecule has 0 saturated heterocycles. The Labute approximate surface area is 101 Å². The summed E-state index contributed by atoms with van der Waals surface area (Å²) in [6, 6.07) is -0.812. The van der Waals surface area contributed by atoms with E-state index < -0.39 is 22.0 Å². The largest absolute Gasteiger partial charge is 0.350 e. The van der Waals surface area contributed by atoms with Crippen LogP contribution in [0.15, 0.2) is 11.6 Å². The molecule has 0 aromatic carbocycles. The summed E-state index contributed by atoms with van der Waals surface area (Å²) in [6.07, 6.45) is 0.502. The summed E-state index contributed by atoms with van der Waals surface area (Å²) < 4.78 is 25.0. The number of amides is 1. The molecule has 0 spiro atoms. The quantitative estimate of drug-likeness (QED) is 0.709. The number of hydrogen-bond acceptors (Lipinski definition) is 3. The minimum absolute atomic E-state index is 0.00678. The number of rotatable bonds is 7. The molecule has 0 saturated carbocycles. The highest BCUT2D eigenvalue weighted by atomic mass is 35.5. The summed E-state index contributed by atoms with van der Waals surface area (Å²) in [5, 5.41) is 2.74. The van der Waals surface area contributed by atoms with Gasteiger partial charge in [-0.05, 0) is 13.3 Å². The predicted molar refractivity (Wildman–Crippen MR) is 64.7 cm³/mol. The molecule has 0 aromatic heterocycles. The number of carbonyl (C=O) groups excluding carboxylic acids is 1. The molecule has 0 radical (unpaired) electrons. The Morgan fingerprint density at radius 3 is 2.50 bits per heavy atom. The van der Waals surface area contributed by atoms with Crippen LogP contribution in [-0.2, 0) is 14.8 Å². The van der Waals surface area contributed by atoms with Crippen LogP contribution in [0, 0.1) is 0 Å². The normalized spacial score (nSPS) is 13.2. The minimum Gasteiger partial charge on any atom is -0.350 e. The maximum Gasteiger partial charge on any atom is 0.238 e. The van der Waals surface area contributed by atoms with Crippen LogP contribution in [0.1, 0.15) is 20.3 Å². The van der Waals surface area contributed by atoms with E-state index in [9.17, 15) is 13.2 Å². The maximum absolute atomic E-state index is 11.4. The fraction of sp³-hybridized carbons (Fsp3) is 0.667. The lowest BCUT2D eigenvalue weighted by atomic mass is 10.3. The van der Waals surface area contributed by atoms with Crippen molar-refractivity contribution in [1.29, 1.82) is 0 Å². The van der Waals surface area contributed by atoms with Crippen molar-refractivity contribution in [1.82, 2.24) is 10.0 Å². The first kappa shape index (κ1) is 15.4. The van der Waals surface area contributed by atoms with Gasteiger partial charge in [-0.2, -0.15) is 0 Å². The second-order valence-electron chi connectivity index (χ2n) is 3.39. The van der Waals surface area contributed by atoms with Crippen LogP contribution < -0.4 is 10.0 Å². The number of hydrogen-bond donors (Lipinski definition) is 2. The first-order valence-electron chi connectivity index (χ1n) is 4.89. The van der Waals surface area contributed by atoms with E-state index >= 15 is 0 Å². The van der Waals surface area contributed by atoms with Crippen LogP contribution in [-0.4, -0.2) is 32.7 Å². The first-order valence-corrected chi connectivity index (χ1v) is 6.92. The summed E-state index contributed by atoms with van der Waals surface area (Å²) in [5.74, 6) is -0.422. The predicted octanol–water partition coefficient (Wildman–Crippen LogP) is 0.573. The Morgan fingerprint density at radius 2 is 2.06 bits per heavy atom. The van der Waals surface area contributed by atoms with Gasteiger partial charge in [0.2, 0.25) is 15.9 Å². The third kappa shape index (κ3) is 6.81. The zero-order valence-electron chi connectivity index (χ0n) is 9.42. The SMILES string of the molecule is C=C(Cl)CNC(=O)C(C)NS(=O)(=O)CCC. The third-order valence-corrected chi connectivity index (χ3v) is 3.47. The van der Waals surface area contributed by atoms with E-state index in [0.717, 1.165) is 0 Å². The van der Waals surface area contributed by atoms with Crippen LogP contribution in [0.4, 0.5) is 0 Å². The summed E-state index contributed by atoms with van der Waals surface area (Å²) in [6.45, 7) is 6.75. The zero-order valence-corrected chi connectivity index (χ0v) is 11.0. The summed E-state index contributed by atoms with van der Waals surface area (Å²) >= 11 is 5.46. The van der Waals surface area contributed by atoms with E-state index in [0.29, 0.717) is 6.42 Å². The number of nitrogens with one attached hydrogen (secondary N) is 2. The van der Waals surface area contributed by atoms with Crippen molar-refractivity contribution in [3.63, 3.8) is 0 Å². The van der Waals surface area contributed by atoms with Crippen LogP contribution >= 0.6 is 11.6 Å². The van der Waals surface area contributed by atoms with Crippen molar-refractivity contribution < 1.29 is 13.2 Å². The van der Waals surface area contributed by atoms with Gasteiger partial charge < -0.3 is 5.32 Å². The van der Waals surface area contributed by atoms with E-state index in [1.165, 1.54) is 6.92 Å². The summed E-state index contributed by atoms with van der Waals surface area (Å²) in [7, 11) is -3.38. The van der Waals surface area contributed by atoms with Crippen molar-refractivity contribution >= 4 is 27.5 Å². The molecule has 1 atom stereocenters. The first-order chi connectivity index (χ1) is 7.28. The second-order valence-corrected chi connectivity index (χ2v) is 5.80. The van der Waals surface area contributed by atoms with Crippen LogP contribution in [0.25, 0.3) is 0 Å². The van der Waals surface area contributed by atoms with Crippen molar-refractivity contribution in [2.24, 2.45) is 0 Å². The lowest BCUT2D eigenvalue weighted by Crippen LogP contribution is -2.45. The monoisotopic (exact) mass is 268 g/mol. The summed E-state index contributed by atoms with van der Waals surface area (Å²) in [5.41, 5.74) is 0. The molecule has 1 amide bonds. The van der Waals surface area contributed by atoms with Gasteiger partial charge in [-0.3, -0.25) is 4.79 Å². The Kier molecular flexibility index (Phi) is 6.62. The fourth-order valence-electron chi connectivity index (χ4n) is 0.987. The van der Waals surface area contributed by atoms with Gasteiger partial charge in [-0.1, -0.05) is 25.1 Å². The molecular weight excluding hydrogens is 252 g/mol. The molecule has 94 valence electrons. The van der Waals surface area contributed by atoms with Gasteiger partial charge in [0.25, 0.3) is 0 Å². The zero-order chi connectivity index (χ0) is 12.8. The molecule has 0 aliphatic heterocycles. The summed E-state index contributed by atoms with van der Waals surface area (Å²) in [4.78, 5) is 11.4. The molecule has 0 heterocycles. The molecule has 16 heavy (non-hydrogen) atoms. The molecule has 5 nitrogen and oxygen atoms in total. The van der Waals surface area contributed by atoms with E-state index in [1.807, 2.05) is 0 Å². The number of halogens is 1. The van der Waals surface area contributed by atoms with Gasteiger partial charge in [0.15, 0.2) is 0 Å². The molecule has 2 N–H and O–H groups in total. The van der Waals surface area contributed by atoms with Gasteiger partial charge in [-0.25, -0.2) is 13.1 Å². The van der Waals surface area contributed by atoms with E-state index in [2.05, 4.69) is 16.6 Å². The van der Waals surface area contributed by atoms with Crippen LogP contribution in [0.5, 0.6) is 0 Å². The standard InChI is InChI=1S/C9H17ClN2O3S/c1-4-5-16(14,15)12-8(3)9(13)11-6-7(2)10/h8,12H,2,4-6H2,1,3H3,(H,11,13). The van der Waals surface area contributed by atoms with Crippen molar-refractivity contribution in [2.75, 3.05) is 12.3 Å². The van der Waals surface area contributed by atoms with Gasteiger partial charge in [0.1, 0.15) is 0 Å². The van der Waals surface area contributed by atoms with E-state index in [4.69, 9.17) is 11.6 Å². The van der Waals surface area contributed by atoms with Gasteiger partial charge in [-0.15, -0.1) is 0 Å². The van der Waals surface area contributed by atoms with Crippen molar-refractivity contribution in [3.8, 4) is 0 Å². The Hall–Kier alpha value is -0.590. The van der Waals surface area contributed by atoms with E-state index in [-0.39, 0.29) is 17.3 Å². The number of carbonyl (C=O) groups is 1. The average molecular weight is 269 g/mol. The highest BCUT2D eigenvalue weighted by Gasteiger charge is 2.18. The lowest BCUT2D eigenvalue weighted by molar-refractivity contribution is -0.122. The molecule has 0 aliphatic carbocycles. The fourth-order valence-corrected chi connectivity index (χ4v) is 2.35. The van der Waals surface area contributed by atoms with Crippen LogP contribution in [0.2, 0.25) is 0 Å². The molecule has 0 rings (SSSR count). The second kappa shape index (κ2) is 6.88. The molecule has 0 aromatic rings. The Morgan fingerprint density at radius 1 is 1.50 bits per heavy atom. The smallest absolute Gasteiger partial charge is 0.238 e. The average Bonchev–Trinajstić information content (AvgIpc) is 2.12. The van der Waals surface area contributed by atoms with Gasteiger partial charge in [0.05, 0.1) is 18.3 Å².